The number of ether oxygens (including phenoxy) is 2. The van der Waals surface area contributed by atoms with Crippen LogP contribution in [0.2, 0.25) is 5.02 Å². The highest BCUT2D eigenvalue weighted by molar-refractivity contribution is 6.34. The summed E-state index contributed by atoms with van der Waals surface area (Å²) in [6, 6.07) is 0.128. The zero-order valence-corrected chi connectivity index (χ0v) is 13.1. The van der Waals surface area contributed by atoms with Crippen molar-refractivity contribution in [2.75, 3.05) is 13.2 Å². The van der Waals surface area contributed by atoms with E-state index in [1.807, 2.05) is 0 Å². The molecule has 22 heavy (non-hydrogen) atoms. The number of carbonyl (C=O) groups is 1. The monoisotopic (exact) mass is 325 g/mol. The van der Waals surface area contributed by atoms with Gasteiger partial charge in [0.1, 0.15) is 0 Å². The minimum absolute atomic E-state index is 0.128. The molecule has 3 aliphatic rings. The van der Waals surface area contributed by atoms with Crippen molar-refractivity contribution in [3.8, 4) is 0 Å². The number of carbonyl (C=O) groups excluding carboxylic acids is 1. The van der Waals surface area contributed by atoms with E-state index >= 15 is 0 Å². The molecule has 1 aliphatic heterocycles. The molecule has 1 spiro atoms. The number of hydrogen-bond acceptors (Lipinski definition) is 4. The number of nitrogens with one attached hydrogen (secondary N) is 2. The van der Waals surface area contributed by atoms with Gasteiger partial charge in [0.2, 0.25) is 0 Å². The largest absolute Gasteiger partial charge is 0.348 e. The maximum atomic E-state index is 12.4. The molecule has 1 aromatic rings. The number of halogens is 1. The van der Waals surface area contributed by atoms with E-state index in [4.69, 9.17) is 21.1 Å². The molecule has 1 aromatic heterocycles. The van der Waals surface area contributed by atoms with Gasteiger partial charge in [0.25, 0.3) is 5.91 Å². The summed E-state index contributed by atoms with van der Waals surface area (Å²) < 4.78 is 11.4. The van der Waals surface area contributed by atoms with Crippen molar-refractivity contribution in [1.82, 2.24) is 15.5 Å². The third kappa shape index (κ3) is 2.64. The number of hydrogen-bond donors (Lipinski definition) is 2. The standard InChI is InChI=1S/C15H20ClN3O3/c16-11-12(9-1-2-9)18-19-13(11)14(20)17-10-3-5-15(6-4-10)21-7-8-22-15/h9-10H,1-8H2,(H,17,20)(H,18,19). The van der Waals surface area contributed by atoms with Crippen LogP contribution >= 0.6 is 11.6 Å². The third-order valence-electron chi connectivity index (χ3n) is 4.83. The predicted molar refractivity (Wildman–Crippen MR) is 79.9 cm³/mol. The molecule has 4 rings (SSSR count). The van der Waals surface area contributed by atoms with Crippen LogP contribution in [0.15, 0.2) is 0 Å². The van der Waals surface area contributed by atoms with Crippen molar-refractivity contribution in [2.45, 2.75) is 56.3 Å². The molecule has 0 atom stereocenters. The average Bonchev–Trinajstić information content (AvgIpc) is 3.14. The van der Waals surface area contributed by atoms with Crippen LogP contribution in [0.3, 0.4) is 0 Å². The minimum Gasteiger partial charge on any atom is -0.348 e. The second kappa shape index (κ2) is 5.51. The number of nitrogens with zero attached hydrogens (tertiary/aromatic N) is 1. The van der Waals surface area contributed by atoms with E-state index in [0.717, 1.165) is 44.2 Å². The summed E-state index contributed by atoms with van der Waals surface area (Å²) in [6.45, 7) is 1.34. The van der Waals surface area contributed by atoms with Gasteiger partial charge in [0.15, 0.2) is 11.5 Å². The zero-order valence-electron chi connectivity index (χ0n) is 12.4. The summed E-state index contributed by atoms with van der Waals surface area (Å²) >= 11 is 6.28. The van der Waals surface area contributed by atoms with E-state index in [2.05, 4.69) is 15.5 Å². The minimum atomic E-state index is -0.398. The van der Waals surface area contributed by atoms with Gasteiger partial charge in [-0.3, -0.25) is 9.89 Å². The first-order chi connectivity index (χ1) is 10.7. The highest BCUT2D eigenvalue weighted by atomic mass is 35.5. The van der Waals surface area contributed by atoms with Crippen LogP contribution in [0.1, 0.15) is 60.6 Å². The van der Waals surface area contributed by atoms with Crippen molar-refractivity contribution in [1.29, 1.82) is 0 Å². The van der Waals surface area contributed by atoms with Crippen LogP contribution in [-0.2, 0) is 9.47 Å². The molecule has 2 heterocycles. The topological polar surface area (TPSA) is 76.2 Å². The van der Waals surface area contributed by atoms with Crippen LogP contribution in [0.5, 0.6) is 0 Å². The first kappa shape index (κ1) is 14.5. The molecule has 7 heteroatoms. The molecular weight excluding hydrogens is 306 g/mol. The second-order valence-electron chi connectivity index (χ2n) is 6.43. The Bertz CT molecular complexity index is 569. The van der Waals surface area contributed by atoms with Gasteiger partial charge >= 0.3 is 0 Å². The average molecular weight is 326 g/mol. The van der Waals surface area contributed by atoms with Crippen LogP contribution < -0.4 is 5.32 Å². The molecule has 0 bridgehead atoms. The van der Waals surface area contributed by atoms with Crippen LogP contribution in [0, 0.1) is 0 Å². The zero-order chi connectivity index (χ0) is 15.2. The maximum absolute atomic E-state index is 12.4. The number of aromatic amines is 1. The van der Waals surface area contributed by atoms with Gasteiger partial charge in [-0.2, -0.15) is 5.10 Å². The molecule has 1 saturated heterocycles. The fourth-order valence-electron chi connectivity index (χ4n) is 3.38. The number of amides is 1. The van der Waals surface area contributed by atoms with E-state index in [1.54, 1.807) is 0 Å². The lowest BCUT2D eigenvalue weighted by Crippen LogP contribution is -2.44. The molecule has 6 nitrogen and oxygen atoms in total. The van der Waals surface area contributed by atoms with Crippen LogP contribution in [0.25, 0.3) is 0 Å². The van der Waals surface area contributed by atoms with E-state index < -0.39 is 5.79 Å². The molecule has 3 fully saturated rings. The molecule has 2 aliphatic carbocycles. The highest BCUT2D eigenvalue weighted by Crippen LogP contribution is 2.43. The summed E-state index contributed by atoms with van der Waals surface area (Å²) in [5.41, 5.74) is 1.22. The summed E-state index contributed by atoms with van der Waals surface area (Å²) in [7, 11) is 0. The summed E-state index contributed by atoms with van der Waals surface area (Å²) in [5, 5.41) is 10.5. The maximum Gasteiger partial charge on any atom is 0.273 e. The van der Waals surface area contributed by atoms with Crippen molar-refractivity contribution in [3.63, 3.8) is 0 Å². The third-order valence-corrected chi connectivity index (χ3v) is 5.21. The van der Waals surface area contributed by atoms with E-state index in [-0.39, 0.29) is 11.9 Å². The molecule has 2 saturated carbocycles. The Morgan fingerprint density at radius 2 is 1.91 bits per heavy atom. The molecule has 0 aromatic carbocycles. The second-order valence-corrected chi connectivity index (χ2v) is 6.81. The first-order valence-electron chi connectivity index (χ1n) is 7.99. The fraction of sp³-hybridized carbons (Fsp3) is 0.733. The Hall–Kier alpha value is -1.11. The Labute approximate surface area is 133 Å². The van der Waals surface area contributed by atoms with Crippen molar-refractivity contribution in [2.24, 2.45) is 0 Å². The normalized spacial score (nSPS) is 24.8. The smallest absolute Gasteiger partial charge is 0.273 e. The lowest BCUT2D eigenvalue weighted by Gasteiger charge is -2.35. The molecule has 0 unspecified atom stereocenters. The quantitative estimate of drug-likeness (QED) is 0.894. The van der Waals surface area contributed by atoms with Gasteiger partial charge < -0.3 is 14.8 Å². The summed E-state index contributed by atoms with van der Waals surface area (Å²) in [5.74, 6) is -0.139. The molecular formula is C15H20ClN3O3. The van der Waals surface area contributed by atoms with Gasteiger partial charge in [0.05, 0.1) is 23.9 Å². The van der Waals surface area contributed by atoms with Gasteiger partial charge in [-0.05, 0) is 25.7 Å². The van der Waals surface area contributed by atoms with Crippen molar-refractivity contribution in [3.05, 3.63) is 16.4 Å². The summed E-state index contributed by atoms with van der Waals surface area (Å²) in [6.07, 6.45) is 5.58. The Morgan fingerprint density at radius 1 is 1.23 bits per heavy atom. The van der Waals surface area contributed by atoms with Gasteiger partial charge in [-0.1, -0.05) is 11.6 Å². The predicted octanol–water partition coefficient (Wildman–Crippen LogP) is 2.36. The molecule has 120 valence electrons. The number of rotatable bonds is 3. The van der Waals surface area contributed by atoms with E-state index in [1.165, 1.54) is 0 Å². The Morgan fingerprint density at radius 3 is 2.55 bits per heavy atom. The molecule has 1 amide bonds. The van der Waals surface area contributed by atoms with Gasteiger partial charge in [-0.25, -0.2) is 0 Å². The SMILES string of the molecule is O=C(NC1CCC2(CC1)OCCO2)c1n[nH]c(C2CC2)c1Cl. The molecule has 2 N–H and O–H groups in total. The summed E-state index contributed by atoms with van der Waals surface area (Å²) in [4.78, 5) is 12.4. The first-order valence-corrected chi connectivity index (χ1v) is 8.37. The van der Waals surface area contributed by atoms with Crippen LogP contribution in [-0.4, -0.2) is 41.1 Å². The van der Waals surface area contributed by atoms with Crippen molar-refractivity contribution >= 4 is 17.5 Å². The van der Waals surface area contributed by atoms with Crippen LogP contribution in [0.4, 0.5) is 0 Å². The Balaban J connectivity index is 1.36. The van der Waals surface area contributed by atoms with Crippen molar-refractivity contribution < 1.29 is 14.3 Å². The van der Waals surface area contributed by atoms with Gasteiger partial charge in [0, 0.05) is 24.8 Å². The lowest BCUT2D eigenvalue weighted by atomic mass is 9.90. The fourth-order valence-corrected chi connectivity index (χ4v) is 3.70. The lowest BCUT2D eigenvalue weighted by molar-refractivity contribution is -0.179. The Kier molecular flexibility index (Phi) is 3.63. The van der Waals surface area contributed by atoms with E-state index in [0.29, 0.717) is 29.8 Å². The number of H-pyrrole nitrogens is 1. The highest BCUT2D eigenvalue weighted by Gasteiger charge is 2.41. The van der Waals surface area contributed by atoms with Gasteiger partial charge in [-0.15, -0.1) is 0 Å². The number of aromatic nitrogens is 2. The van der Waals surface area contributed by atoms with E-state index in [9.17, 15) is 4.79 Å². The molecule has 0 radical (unpaired) electrons.